The van der Waals surface area contributed by atoms with Gasteiger partial charge in [0.25, 0.3) is 0 Å². The minimum atomic E-state index is 0.663. The van der Waals surface area contributed by atoms with Gasteiger partial charge >= 0.3 is 0 Å². The Morgan fingerprint density at radius 2 is 1.96 bits per heavy atom. The van der Waals surface area contributed by atoms with E-state index < -0.39 is 0 Å². The van der Waals surface area contributed by atoms with Crippen molar-refractivity contribution >= 4 is 16.9 Å². The first kappa shape index (κ1) is 14.1. The number of likely N-dealkylation sites (N-methyl/N-ethyl adjacent to an activating group) is 1. The summed E-state index contributed by atoms with van der Waals surface area (Å²) in [6, 6.07) is 3.98. The van der Waals surface area contributed by atoms with Crippen molar-refractivity contribution < 1.29 is 0 Å². The molecule has 118 valence electrons. The fourth-order valence-corrected chi connectivity index (χ4v) is 2.93. The molecule has 0 amide bonds. The third kappa shape index (κ3) is 2.75. The van der Waals surface area contributed by atoms with E-state index in [0.29, 0.717) is 6.54 Å². The molecule has 0 N–H and O–H groups in total. The number of rotatable bonds is 3. The molecule has 0 aliphatic carbocycles. The Kier molecular flexibility index (Phi) is 3.63. The van der Waals surface area contributed by atoms with E-state index in [-0.39, 0.29) is 0 Å². The molecule has 4 heterocycles. The first-order valence-electron chi connectivity index (χ1n) is 7.80. The van der Waals surface area contributed by atoms with Gasteiger partial charge in [-0.2, -0.15) is 5.10 Å². The van der Waals surface area contributed by atoms with E-state index in [2.05, 4.69) is 36.9 Å². The molecule has 0 bridgehead atoms. The fraction of sp³-hybridized carbons (Fsp3) is 0.375. The molecule has 4 rings (SSSR count). The highest BCUT2D eigenvalue weighted by atomic mass is 15.3. The number of hydrogen-bond donors (Lipinski definition) is 0. The summed E-state index contributed by atoms with van der Waals surface area (Å²) in [5.41, 5.74) is 1.98. The van der Waals surface area contributed by atoms with Gasteiger partial charge in [0.1, 0.15) is 12.1 Å². The monoisotopic (exact) mass is 309 g/mol. The van der Waals surface area contributed by atoms with Crippen LogP contribution in [0, 0.1) is 0 Å². The summed E-state index contributed by atoms with van der Waals surface area (Å²) in [5.74, 6) is 0.987. The van der Waals surface area contributed by atoms with Gasteiger partial charge < -0.3 is 9.80 Å². The van der Waals surface area contributed by atoms with Crippen LogP contribution >= 0.6 is 0 Å². The Labute approximate surface area is 134 Å². The molecule has 0 unspecified atom stereocenters. The number of aromatic nitrogens is 5. The van der Waals surface area contributed by atoms with Gasteiger partial charge in [-0.15, -0.1) is 0 Å². The second-order valence-electron chi connectivity index (χ2n) is 5.89. The van der Waals surface area contributed by atoms with Gasteiger partial charge in [0.15, 0.2) is 5.65 Å². The topological polar surface area (TPSA) is 63.0 Å². The molecular formula is C16H19N7. The molecule has 3 aromatic heterocycles. The maximum Gasteiger partial charge on any atom is 0.163 e. The Hall–Kier alpha value is -2.54. The molecule has 7 heteroatoms. The molecule has 1 fully saturated rings. The van der Waals surface area contributed by atoms with Gasteiger partial charge in [-0.3, -0.25) is 4.98 Å². The number of hydrogen-bond acceptors (Lipinski definition) is 6. The highest BCUT2D eigenvalue weighted by molar-refractivity contribution is 5.86. The molecule has 23 heavy (non-hydrogen) atoms. The van der Waals surface area contributed by atoms with E-state index in [1.807, 2.05) is 29.2 Å². The molecule has 1 aliphatic heterocycles. The van der Waals surface area contributed by atoms with Crippen molar-refractivity contribution in [3.63, 3.8) is 0 Å². The van der Waals surface area contributed by atoms with E-state index in [1.165, 1.54) is 0 Å². The van der Waals surface area contributed by atoms with E-state index in [1.54, 1.807) is 12.5 Å². The summed E-state index contributed by atoms with van der Waals surface area (Å²) in [5, 5.41) is 5.53. The largest absolute Gasteiger partial charge is 0.353 e. The van der Waals surface area contributed by atoms with Crippen LogP contribution in [0.15, 0.2) is 37.1 Å². The molecule has 0 aromatic carbocycles. The highest BCUT2D eigenvalue weighted by Crippen LogP contribution is 2.23. The minimum absolute atomic E-state index is 0.663. The van der Waals surface area contributed by atoms with Crippen LogP contribution in [0.3, 0.4) is 0 Å². The third-order valence-corrected chi connectivity index (χ3v) is 4.27. The van der Waals surface area contributed by atoms with Crippen LogP contribution in [0.2, 0.25) is 0 Å². The maximum absolute atomic E-state index is 4.51. The van der Waals surface area contributed by atoms with Crippen LogP contribution in [-0.4, -0.2) is 62.9 Å². The predicted molar refractivity (Wildman–Crippen MR) is 88.4 cm³/mol. The first-order chi connectivity index (χ1) is 11.3. The van der Waals surface area contributed by atoms with Crippen molar-refractivity contribution in [2.75, 3.05) is 38.1 Å². The smallest absolute Gasteiger partial charge is 0.163 e. The third-order valence-electron chi connectivity index (χ3n) is 4.27. The van der Waals surface area contributed by atoms with Crippen LogP contribution in [0.5, 0.6) is 0 Å². The zero-order chi connectivity index (χ0) is 15.6. The maximum atomic E-state index is 4.51. The summed E-state index contributed by atoms with van der Waals surface area (Å²) in [6.07, 6.45) is 7.14. The van der Waals surface area contributed by atoms with Gasteiger partial charge in [0, 0.05) is 38.6 Å². The molecule has 7 nitrogen and oxygen atoms in total. The van der Waals surface area contributed by atoms with E-state index in [0.717, 1.165) is 48.6 Å². The van der Waals surface area contributed by atoms with Gasteiger partial charge in [0.2, 0.25) is 0 Å². The van der Waals surface area contributed by atoms with Crippen LogP contribution in [0.25, 0.3) is 11.0 Å². The average Bonchev–Trinajstić information content (AvgIpc) is 3.00. The molecule has 1 saturated heterocycles. The summed E-state index contributed by atoms with van der Waals surface area (Å²) in [6.45, 7) is 4.73. The van der Waals surface area contributed by atoms with Crippen molar-refractivity contribution in [2.24, 2.45) is 0 Å². The number of anilines is 1. The quantitative estimate of drug-likeness (QED) is 0.720. The van der Waals surface area contributed by atoms with E-state index in [4.69, 9.17) is 0 Å². The normalized spacial score (nSPS) is 16.1. The molecule has 0 radical (unpaired) electrons. The molecule has 0 spiro atoms. The van der Waals surface area contributed by atoms with Crippen molar-refractivity contribution in [3.05, 3.63) is 42.6 Å². The molecule has 0 atom stereocenters. The number of piperazine rings is 1. The van der Waals surface area contributed by atoms with Crippen LogP contribution in [0.1, 0.15) is 5.56 Å². The zero-order valence-electron chi connectivity index (χ0n) is 13.1. The number of nitrogens with zero attached hydrogens (tertiary/aromatic N) is 7. The van der Waals surface area contributed by atoms with E-state index >= 15 is 0 Å². The second kappa shape index (κ2) is 5.92. The Morgan fingerprint density at radius 1 is 1.09 bits per heavy atom. The number of fused-ring (bicyclic) bond motifs is 1. The van der Waals surface area contributed by atoms with Gasteiger partial charge in [-0.05, 0) is 18.7 Å². The Morgan fingerprint density at radius 3 is 2.74 bits per heavy atom. The minimum Gasteiger partial charge on any atom is -0.353 e. The van der Waals surface area contributed by atoms with Crippen molar-refractivity contribution in [1.82, 2.24) is 29.6 Å². The molecule has 1 aliphatic rings. The van der Waals surface area contributed by atoms with Crippen molar-refractivity contribution in [1.29, 1.82) is 0 Å². The molecule has 0 saturated carbocycles. The summed E-state index contributed by atoms with van der Waals surface area (Å²) in [4.78, 5) is 17.8. The van der Waals surface area contributed by atoms with Crippen LogP contribution in [0.4, 0.5) is 5.82 Å². The first-order valence-corrected chi connectivity index (χ1v) is 7.80. The lowest BCUT2D eigenvalue weighted by Crippen LogP contribution is -2.44. The van der Waals surface area contributed by atoms with Gasteiger partial charge in [-0.1, -0.05) is 6.07 Å². The lowest BCUT2D eigenvalue weighted by Gasteiger charge is -2.33. The predicted octanol–water partition coefficient (Wildman–Crippen LogP) is 1.02. The Balaban J connectivity index is 1.66. The number of pyridine rings is 1. The lowest BCUT2D eigenvalue weighted by molar-refractivity contribution is 0.312. The summed E-state index contributed by atoms with van der Waals surface area (Å²) >= 11 is 0. The Bertz CT molecular complexity index is 791. The standard InChI is InChI=1S/C16H19N7/c1-21-5-7-22(8-6-21)15-14-10-20-23(16(14)19-12-18-15)11-13-3-2-4-17-9-13/h2-4,9-10,12H,5-8,11H2,1H3. The lowest BCUT2D eigenvalue weighted by atomic mass is 10.3. The van der Waals surface area contributed by atoms with Gasteiger partial charge in [-0.25, -0.2) is 14.6 Å². The fourth-order valence-electron chi connectivity index (χ4n) is 2.93. The summed E-state index contributed by atoms with van der Waals surface area (Å²) in [7, 11) is 2.15. The highest BCUT2D eigenvalue weighted by Gasteiger charge is 2.19. The van der Waals surface area contributed by atoms with Gasteiger partial charge in [0.05, 0.1) is 18.1 Å². The molecule has 3 aromatic rings. The van der Waals surface area contributed by atoms with Crippen LogP contribution in [-0.2, 0) is 6.54 Å². The average molecular weight is 309 g/mol. The molecular weight excluding hydrogens is 290 g/mol. The van der Waals surface area contributed by atoms with Crippen molar-refractivity contribution in [2.45, 2.75) is 6.54 Å². The second-order valence-corrected chi connectivity index (χ2v) is 5.89. The zero-order valence-corrected chi connectivity index (χ0v) is 13.1. The van der Waals surface area contributed by atoms with Crippen molar-refractivity contribution in [3.8, 4) is 0 Å². The van der Waals surface area contributed by atoms with E-state index in [9.17, 15) is 0 Å². The summed E-state index contributed by atoms with van der Waals surface area (Å²) < 4.78 is 1.91. The van der Waals surface area contributed by atoms with Crippen LogP contribution < -0.4 is 4.90 Å². The SMILES string of the molecule is CN1CCN(c2ncnc3c2cnn3Cc2cccnc2)CC1.